The van der Waals surface area contributed by atoms with Crippen molar-refractivity contribution in [3.63, 3.8) is 0 Å². The molecule has 15 heavy (non-hydrogen) atoms. The molecule has 2 rings (SSSR count). The van der Waals surface area contributed by atoms with Crippen LogP contribution < -0.4 is 5.73 Å². The summed E-state index contributed by atoms with van der Waals surface area (Å²) in [5.74, 6) is -0.343. The second-order valence-corrected chi connectivity index (χ2v) is 3.73. The second kappa shape index (κ2) is 4.18. The number of rotatable bonds is 2. The van der Waals surface area contributed by atoms with Crippen LogP contribution in [0.25, 0.3) is 12.2 Å². The average molecular weight is 221 g/mol. The molecule has 2 N–H and O–H groups in total. The average Bonchev–Trinajstić information content (AvgIpc) is 2.64. The highest BCUT2D eigenvalue weighted by atomic mass is 32.1. The third-order valence-corrected chi connectivity index (χ3v) is 2.41. The molecule has 0 atom stereocenters. The lowest BCUT2D eigenvalue weighted by Gasteiger charge is -1.90. The first kappa shape index (κ1) is 9.79. The Bertz CT molecular complexity index is 476. The van der Waals surface area contributed by atoms with Gasteiger partial charge in [-0.15, -0.1) is 11.3 Å². The summed E-state index contributed by atoms with van der Waals surface area (Å²) in [7, 11) is 0. The summed E-state index contributed by atoms with van der Waals surface area (Å²) in [4.78, 5) is 7.93. The van der Waals surface area contributed by atoms with Crippen molar-refractivity contribution < 1.29 is 4.39 Å². The Morgan fingerprint density at radius 1 is 1.27 bits per heavy atom. The van der Waals surface area contributed by atoms with E-state index in [1.165, 1.54) is 23.6 Å². The molecule has 0 spiro atoms. The smallest absolute Gasteiger partial charge is 0.180 e. The van der Waals surface area contributed by atoms with E-state index >= 15 is 0 Å². The third-order valence-electron chi connectivity index (χ3n) is 1.71. The minimum absolute atomic E-state index is 0.343. The molecule has 0 unspecified atom stereocenters. The van der Waals surface area contributed by atoms with Crippen LogP contribution in [0.1, 0.15) is 11.4 Å². The van der Waals surface area contributed by atoms with Crippen LogP contribution in [-0.4, -0.2) is 9.97 Å². The molecule has 0 aliphatic carbocycles. The van der Waals surface area contributed by atoms with Crippen LogP contribution in [0.5, 0.6) is 0 Å². The maximum atomic E-state index is 12.5. The van der Waals surface area contributed by atoms with Gasteiger partial charge < -0.3 is 5.73 Å². The highest BCUT2D eigenvalue weighted by Gasteiger charge is 1.94. The number of hydrogen-bond acceptors (Lipinski definition) is 4. The normalized spacial score (nSPS) is 11.0. The fourth-order valence-electron chi connectivity index (χ4n) is 1.03. The maximum Gasteiger partial charge on any atom is 0.180 e. The van der Waals surface area contributed by atoms with Crippen LogP contribution >= 0.6 is 11.3 Å². The number of thiazole rings is 1. The van der Waals surface area contributed by atoms with Crippen molar-refractivity contribution in [1.82, 2.24) is 9.97 Å². The Kier molecular flexibility index (Phi) is 2.73. The summed E-state index contributed by atoms with van der Waals surface area (Å²) in [6, 6.07) is 2.96. The highest BCUT2D eigenvalue weighted by Crippen LogP contribution is 2.13. The Hall–Kier alpha value is -1.75. The van der Waals surface area contributed by atoms with E-state index in [0.717, 1.165) is 5.69 Å². The number of nitrogen functional groups attached to an aromatic ring is 1. The second-order valence-electron chi connectivity index (χ2n) is 2.85. The molecule has 2 heterocycles. The number of nitrogens with two attached hydrogens (primary N) is 1. The van der Waals surface area contributed by atoms with E-state index in [9.17, 15) is 4.39 Å². The Balaban J connectivity index is 2.14. The molecule has 0 saturated heterocycles. The summed E-state index contributed by atoms with van der Waals surface area (Å²) < 4.78 is 12.5. The predicted molar refractivity (Wildman–Crippen MR) is 59.6 cm³/mol. The number of nitrogens with zero attached hydrogens (tertiary/aromatic N) is 2. The molecular weight excluding hydrogens is 213 g/mol. The van der Waals surface area contributed by atoms with Gasteiger partial charge in [-0.1, -0.05) is 0 Å². The Morgan fingerprint density at radius 3 is 2.67 bits per heavy atom. The van der Waals surface area contributed by atoms with Crippen molar-refractivity contribution in [1.29, 1.82) is 0 Å². The molecular formula is C10H8FN3S. The van der Waals surface area contributed by atoms with Gasteiger partial charge in [-0.3, -0.25) is 4.98 Å². The summed E-state index contributed by atoms with van der Waals surface area (Å²) in [5, 5.41) is 2.37. The molecule has 0 saturated carbocycles. The zero-order valence-corrected chi connectivity index (χ0v) is 8.54. The molecule has 5 heteroatoms. The molecule has 3 nitrogen and oxygen atoms in total. The van der Waals surface area contributed by atoms with E-state index in [-0.39, 0.29) is 5.82 Å². The lowest BCUT2D eigenvalue weighted by molar-refractivity contribution is 0.621. The van der Waals surface area contributed by atoms with Gasteiger partial charge in [-0.25, -0.2) is 9.37 Å². The molecule has 76 valence electrons. The van der Waals surface area contributed by atoms with Crippen molar-refractivity contribution in [2.45, 2.75) is 0 Å². The number of pyridine rings is 1. The minimum Gasteiger partial charge on any atom is -0.375 e. The van der Waals surface area contributed by atoms with Crippen LogP contribution in [-0.2, 0) is 0 Å². The van der Waals surface area contributed by atoms with Gasteiger partial charge in [0.1, 0.15) is 5.82 Å². The Labute approximate surface area is 90.1 Å². The first-order valence-electron chi connectivity index (χ1n) is 4.25. The van der Waals surface area contributed by atoms with Gasteiger partial charge in [-0.2, -0.15) is 0 Å². The molecule has 0 bridgehead atoms. The largest absolute Gasteiger partial charge is 0.375 e. The van der Waals surface area contributed by atoms with Gasteiger partial charge in [0.25, 0.3) is 0 Å². The van der Waals surface area contributed by atoms with Crippen LogP contribution in [0.15, 0.2) is 23.7 Å². The standard InChI is InChI=1S/C10H8FN3S/c11-7-1-2-8(13-5-7)3-4-9-6-15-10(12)14-9/h1-6H,(H2,12,14). The van der Waals surface area contributed by atoms with Crippen molar-refractivity contribution >= 4 is 28.6 Å². The van der Waals surface area contributed by atoms with Gasteiger partial charge in [0.15, 0.2) is 5.13 Å². The lowest BCUT2D eigenvalue weighted by Crippen LogP contribution is -1.82. The van der Waals surface area contributed by atoms with Crippen LogP contribution in [0.4, 0.5) is 9.52 Å². The number of anilines is 1. The van der Waals surface area contributed by atoms with Gasteiger partial charge >= 0.3 is 0 Å². The van der Waals surface area contributed by atoms with Crippen LogP contribution in [0, 0.1) is 5.82 Å². The molecule has 0 aromatic carbocycles. The van der Waals surface area contributed by atoms with E-state index in [1.807, 2.05) is 5.38 Å². The van der Waals surface area contributed by atoms with Crippen molar-refractivity contribution in [3.05, 3.63) is 40.9 Å². The summed E-state index contributed by atoms with van der Waals surface area (Å²) in [6.07, 6.45) is 4.72. The first-order chi connectivity index (χ1) is 7.24. The van der Waals surface area contributed by atoms with Gasteiger partial charge in [-0.05, 0) is 24.3 Å². The monoisotopic (exact) mass is 221 g/mol. The van der Waals surface area contributed by atoms with Crippen molar-refractivity contribution in [2.24, 2.45) is 0 Å². The van der Waals surface area contributed by atoms with Gasteiger partial charge in [0.05, 0.1) is 17.6 Å². The van der Waals surface area contributed by atoms with Gasteiger partial charge in [0, 0.05) is 5.38 Å². The zero-order chi connectivity index (χ0) is 10.7. The molecule has 0 radical (unpaired) electrons. The predicted octanol–water partition coefficient (Wildman–Crippen LogP) is 2.43. The fourth-order valence-corrected chi connectivity index (χ4v) is 1.56. The zero-order valence-electron chi connectivity index (χ0n) is 7.72. The molecule has 0 aliphatic heterocycles. The lowest BCUT2D eigenvalue weighted by atomic mass is 10.3. The minimum atomic E-state index is -0.343. The number of aromatic nitrogens is 2. The van der Waals surface area contributed by atoms with Crippen LogP contribution in [0.3, 0.4) is 0 Å². The quantitative estimate of drug-likeness (QED) is 0.847. The van der Waals surface area contributed by atoms with E-state index in [1.54, 1.807) is 18.2 Å². The Morgan fingerprint density at radius 2 is 2.07 bits per heavy atom. The van der Waals surface area contributed by atoms with Gasteiger partial charge in [0.2, 0.25) is 0 Å². The summed E-state index contributed by atoms with van der Waals surface area (Å²) >= 11 is 1.38. The summed E-state index contributed by atoms with van der Waals surface area (Å²) in [6.45, 7) is 0. The van der Waals surface area contributed by atoms with Crippen LogP contribution in [0.2, 0.25) is 0 Å². The maximum absolute atomic E-state index is 12.5. The molecule has 2 aromatic heterocycles. The van der Waals surface area contributed by atoms with E-state index in [2.05, 4.69) is 9.97 Å². The van der Waals surface area contributed by atoms with E-state index < -0.39 is 0 Å². The SMILES string of the molecule is Nc1nc(C=Cc2ccc(F)cn2)cs1. The molecule has 2 aromatic rings. The van der Waals surface area contributed by atoms with Crippen molar-refractivity contribution in [3.8, 4) is 0 Å². The first-order valence-corrected chi connectivity index (χ1v) is 5.12. The highest BCUT2D eigenvalue weighted by molar-refractivity contribution is 7.13. The number of halogens is 1. The number of hydrogen-bond donors (Lipinski definition) is 1. The third kappa shape index (κ3) is 2.60. The summed E-state index contributed by atoms with van der Waals surface area (Å²) in [5.41, 5.74) is 6.94. The molecule has 0 amide bonds. The van der Waals surface area contributed by atoms with E-state index in [4.69, 9.17) is 5.73 Å². The van der Waals surface area contributed by atoms with E-state index in [0.29, 0.717) is 10.8 Å². The fraction of sp³-hybridized carbons (Fsp3) is 0. The topological polar surface area (TPSA) is 51.8 Å². The molecule has 0 aliphatic rings. The molecule has 0 fully saturated rings. The van der Waals surface area contributed by atoms with Crippen molar-refractivity contribution in [2.75, 3.05) is 5.73 Å².